The largest absolute Gasteiger partial charge is 0.573 e. The zero-order valence-corrected chi connectivity index (χ0v) is 16.1. The number of benzene rings is 2. The van der Waals surface area contributed by atoms with E-state index >= 15 is 0 Å². The number of para-hydroxylation sites is 1. The van der Waals surface area contributed by atoms with E-state index in [1.54, 1.807) is 25.4 Å². The summed E-state index contributed by atoms with van der Waals surface area (Å²) in [6, 6.07) is 20.0. The van der Waals surface area contributed by atoms with Gasteiger partial charge in [0.05, 0.1) is 11.7 Å². The molecule has 0 aliphatic rings. The second-order valence-electron chi connectivity index (χ2n) is 6.44. The standard InChI is InChI=1S/C23H19F3N2O2/c1-28(22(18-10-3-2-4-11-18)19-12-7-8-16-27-19)21(29)15-14-17-9-5-6-13-20(17)30-23(24,25)26/h2-16,22H,1H3. The highest BCUT2D eigenvalue weighted by Crippen LogP contribution is 2.28. The predicted molar refractivity (Wildman–Crippen MR) is 107 cm³/mol. The zero-order valence-electron chi connectivity index (χ0n) is 16.1. The Bertz CT molecular complexity index is 966. The molecule has 0 spiro atoms. The molecule has 1 aromatic heterocycles. The van der Waals surface area contributed by atoms with Gasteiger partial charge in [-0.1, -0.05) is 54.6 Å². The van der Waals surface area contributed by atoms with Crippen LogP contribution in [0.3, 0.4) is 0 Å². The van der Waals surface area contributed by atoms with Gasteiger partial charge in [-0.3, -0.25) is 9.78 Å². The fraction of sp³-hybridized carbons (Fsp3) is 0.130. The van der Waals surface area contributed by atoms with Crippen LogP contribution in [0.1, 0.15) is 22.9 Å². The van der Waals surface area contributed by atoms with Crippen molar-refractivity contribution >= 4 is 12.0 Å². The number of pyridine rings is 1. The molecule has 0 N–H and O–H groups in total. The van der Waals surface area contributed by atoms with Crippen molar-refractivity contribution < 1.29 is 22.7 Å². The van der Waals surface area contributed by atoms with Crippen LogP contribution in [0.25, 0.3) is 6.08 Å². The van der Waals surface area contributed by atoms with Crippen molar-refractivity contribution in [3.63, 3.8) is 0 Å². The fourth-order valence-electron chi connectivity index (χ4n) is 3.01. The Morgan fingerprint density at radius 3 is 2.33 bits per heavy atom. The van der Waals surface area contributed by atoms with Gasteiger partial charge in [0, 0.05) is 24.9 Å². The summed E-state index contributed by atoms with van der Waals surface area (Å²) < 4.78 is 41.8. The quantitative estimate of drug-likeness (QED) is 0.520. The maximum atomic E-state index is 12.8. The lowest BCUT2D eigenvalue weighted by atomic mass is 10.0. The van der Waals surface area contributed by atoms with Gasteiger partial charge in [0.15, 0.2) is 0 Å². The van der Waals surface area contributed by atoms with Gasteiger partial charge < -0.3 is 9.64 Å². The number of nitrogens with zero attached hydrogens (tertiary/aromatic N) is 2. The third-order valence-corrected chi connectivity index (χ3v) is 4.37. The molecule has 7 heteroatoms. The number of alkyl halides is 3. The van der Waals surface area contributed by atoms with E-state index < -0.39 is 18.3 Å². The molecule has 0 radical (unpaired) electrons. The first-order valence-corrected chi connectivity index (χ1v) is 9.10. The third kappa shape index (κ3) is 5.47. The summed E-state index contributed by atoms with van der Waals surface area (Å²) in [4.78, 5) is 18.7. The zero-order chi connectivity index (χ0) is 21.6. The smallest absolute Gasteiger partial charge is 0.405 e. The molecule has 3 rings (SSSR count). The van der Waals surface area contributed by atoms with Gasteiger partial charge in [0.2, 0.25) is 5.91 Å². The molecule has 154 valence electrons. The number of amides is 1. The highest BCUT2D eigenvalue weighted by Gasteiger charge is 2.31. The van der Waals surface area contributed by atoms with Crippen molar-refractivity contribution in [3.8, 4) is 5.75 Å². The summed E-state index contributed by atoms with van der Waals surface area (Å²) in [5, 5.41) is 0. The molecule has 30 heavy (non-hydrogen) atoms. The lowest BCUT2D eigenvalue weighted by Crippen LogP contribution is -2.31. The van der Waals surface area contributed by atoms with Crippen molar-refractivity contribution in [1.82, 2.24) is 9.88 Å². The minimum atomic E-state index is -4.82. The normalized spacial score (nSPS) is 12.5. The highest BCUT2D eigenvalue weighted by atomic mass is 19.4. The predicted octanol–water partition coefficient (Wildman–Crippen LogP) is 5.24. The van der Waals surface area contributed by atoms with Gasteiger partial charge in [-0.05, 0) is 29.8 Å². The molecule has 1 unspecified atom stereocenters. The van der Waals surface area contributed by atoms with E-state index in [1.807, 2.05) is 42.5 Å². The van der Waals surface area contributed by atoms with E-state index in [0.29, 0.717) is 5.69 Å². The van der Waals surface area contributed by atoms with E-state index in [9.17, 15) is 18.0 Å². The van der Waals surface area contributed by atoms with Gasteiger partial charge in [-0.25, -0.2) is 0 Å². The average molecular weight is 412 g/mol. The van der Waals surface area contributed by atoms with Crippen LogP contribution in [0.4, 0.5) is 13.2 Å². The van der Waals surface area contributed by atoms with Gasteiger partial charge in [-0.15, -0.1) is 13.2 Å². The summed E-state index contributed by atoms with van der Waals surface area (Å²) in [5.41, 5.74) is 1.68. The number of ether oxygens (including phenoxy) is 1. The lowest BCUT2D eigenvalue weighted by molar-refractivity contribution is -0.274. The molecule has 3 aromatic rings. The maximum absolute atomic E-state index is 12.8. The van der Waals surface area contributed by atoms with Crippen molar-refractivity contribution in [2.24, 2.45) is 0 Å². The van der Waals surface area contributed by atoms with E-state index in [0.717, 1.165) is 5.56 Å². The number of hydrogen-bond acceptors (Lipinski definition) is 3. The first-order chi connectivity index (χ1) is 14.3. The molecule has 0 aliphatic carbocycles. The molecular weight excluding hydrogens is 393 g/mol. The van der Waals surface area contributed by atoms with Crippen LogP contribution in [0.5, 0.6) is 5.75 Å². The lowest BCUT2D eigenvalue weighted by Gasteiger charge is -2.27. The summed E-state index contributed by atoms with van der Waals surface area (Å²) in [5.74, 6) is -0.766. The van der Waals surface area contributed by atoms with E-state index in [2.05, 4.69) is 9.72 Å². The molecule has 4 nitrogen and oxygen atoms in total. The van der Waals surface area contributed by atoms with Crippen LogP contribution in [0.15, 0.2) is 85.1 Å². The Labute approximate surface area is 172 Å². The van der Waals surface area contributed by atoms with Gasteiger partial charge in [0.25, 0.3) is 0 Å². The monoisotopic (exact) mass is 412 g/mol. The van der Waals surface area contributed by atoms with Crippen molar-refractivity contribution in [3.05, 3.63) is 102 Å². The Balaban J connectivity index is 1.87. The molecule has 1 heterocycles. The van der Waals surface area contributed by atoms with Crippen LogP contribution >= 0.6 is 0 Å². The van der Waals surface area contributed by atoms with Gasteiger partial charge in [0.1, 0.15) is 5.75 Å². The van der Waals surface area contributed by atoms with Crippen molar-refractivity contribution in [2.75, 3.05) is 7.05 Å². The topological polar surface area (TPSA) is 42.4 Å². The van der Waals surface area contributed by atoms with Gasteiger partial charge >= 0.3 is 6.36 Å². The molecule has 1 atom stereocenters. The maximum Gasteiger partial charge on any atom is 0.573 e. The Kier molecular flexibility index (Phi) is 6.51. The molecular formula is C23H19F3N2O2. The number of halogens is 3. The number of carbonyl (C=O) groups is 1. The summed E-state index contributed by atoms with van der Waals surface area (Å²) in [6.45, 7) is 0. The summed E-state index contributed by atoms with van der Waals surface area (Å²) in [7, 11) is 1.62. The fourth-order valence-corrected chi connectivity index (χ4v) is 3.01. The van der Waals surface area contributed by atoms with Crippen LogP contribution in [0.2, 0.25) is 0 Å². The minimum Gasteiger partial charge on any atom is -0.405 e. The van der Waals surface area contributed by atoms with Gasteiger partial charge in [-0.2, -0.15) is 0 Å². The number of hydrogen-bond donors (Lipinski definition) is 0. The second kappa shape index (κ2) is 9.26. The molecule has 0 aliphatic heterocycles. The van der Waals surface area contributed by atoms with Crippen LogP contribution in [-0.2, 0) is 4.79 Å². The van der Waals surface area contributed by atoms with E-state index in [1.165, 1.54) is 35.3 Å². The van der Waals surface area contributed by atoms with E-state index in [4.69, 9.17) is 0 Å². The number of aromatic nitrogens is 1. The van der Waals surface area contributed by atoms with E-state index in [-0.39, 0.29) is 11.3 Å². The molecule has 2 aromatic carbocycles. The first-order valence-electron chi connectivity index (χ1n) is 9.10. The Morgan fingerprint density at radius 2 is 1.67 bits per heavy atom. The van der Waals surface area contributed by atoms with Crippen LogP contribution in [-0.4, -0.2) is 29.2 Å². The Morgan fingerprint density at radius 1 is 1.00 bits per heavy atom. The summed E-state index contributed by atoms with van der Waals surface area (Å²) in [6.07, 6.45) is -0.649. The number of carbonyl (C=O) groups excluding carboxylic acids is 1. The molecule has 0 bridgehead atoms. The number of rotatable bonds is 6. The molecule has 1 amide bonds. The van der Waals surface area contributed by atoms with Crippen LogP contribution in [0, 0.1) is 0 Å². The first kappa shape index (κ1) is 21.1. The summed E-state index contributed by atoms with van der Waals surface area (Å²) >= 11 is 0. The third-order valence-electron chi connectivity index (χ3n) is 4.37. The number of likely N-dealkylation sites (N-methyl/N-ethyl adjacent to an activating group) is 1. The SMILES string of the molecule is CN(C(=O)C=Cc1ccccc1OC(F)(F)F)C(c1ccccc1)c1ccccn1. The van der Waals surface area contributed by atoms with Crippen molar-refractivity contribution in [1.29, 1.82) is 0 Å². The van der Waals surface area contributed by atoms with Crippen molar-refractivity contribution in [2.45, 2.75) is 12.4 Å². The molecule has 0 saturated carbocycles. The Hall–Kier alpha value is -3.61. The second-order valence-corrected chi connectivity index (χ2v) is 6.44. The highest BCUT2D eigenvalue weighted by molar-refractivity contribution is 5.92. The molecule has 0 saturated heterocycles. The van der Waals surface area contributed by atoms with Crippen LogP contribution < -0.4 is 4.74 Å². The molecule has 0 fully saturated rings. The minimum absolute atomic E-state index is 0.144. The average Bonchev–Trinajstić information content (AvgIpc) is 2.73.